The number of rotatable bonds is 10. The van der Waals surface area contributed by atoms with Gasteiger partial charge in [-0.25, -0.2) is 9.98 Å². The fraction of sp³-hybridized carbons (Fsp3) is 0.684. The van der Waals surface area contributed by atoms with Gasteiger partial charge in [-0.2, -0.15) is 0 Å². The molecule has 0 saturated heterocycles. The summed E-state index contributed by atoms with van der Waals surface area (Å²) >= 11 is 3.37. The van der Waals surface area contributed by atoms with E-state index in [4.69, 9.17) is 4.99 Å². The largest absolute Gasteiger partial charge is 0.357 e. The minimum atomic E-state index is 0. The van der Waals surface area contributed by atoms with Gasteiger partial charge in [0.2, 0.25) is 0 Å². The summed E-state index contributed by atoms with van der Waals surface area (Å²) in [5.41, 5.74) is 1.08. The summed E-state index contributed by atoms with van der Waals surface area (Å²) in [5.74, 6) is 2.49. The molecule has 29 heavy (non-hydrogen) atoms. The van der Waals surface area contributed by atoms with Gasteiger partial charge in [-0.15, -0.1) is 45.5 Å². The molecule has 0 atom stereocenters. The number of aromatic nitrogens is 4. The molecule has 0 radical (unpaired) electrons. The van der Waals surface area contributed by atoms with Crippen molar-refractivity contribution in [3.05, 3.63) is 21.4 Å². The van der Waals surface area contributed by atoms with E-state index in [9.17, 15) is 0 Å². The Kier molecular flexibility index (Phi) is 12.1. The maximum Gasteiger partial charge on any atom is 0.191 e. The minimum absolute atomic E-state index is 0. The zero-order valence-corrected chi connectivity index (χ0v) is 22.2. The van der Waals surface area contributed by atoms with Crippen LogP contribution in [-0.4, -0.2) is 45.1 Å². The van der Waals surface area contributed by atoms with Crippen molar-refractivity contribution < 1.29 is 0 Å². The van der Waals surface area contributed by atoms with E-state index in [0.717, 1.165) is 60.1 Å². The number of hydrogen-bond donors (Lipinski definition) is 2. The maximum absolute atomic E-state index is 4.71. The molecule has 2 aromatic heterocycles. The van der Waals surface area contributed by atoms with Crippen LogP contribution in [0.5, 0.6) is 0 Å². The molecule has 2 N–H and O–H groups in total. The molecule has 0 amide bonds. The van der Waals surface area contributed by atoms with E-state index >= 15 is 0 Å². The summed E-state index contributed by atoms with van der Waals surface area (Å²) < 4.78 is 2.25. The van der Waals surface area contributed by atoms with Gasteiger partial charge in [0.05, 0.1) is 17.2 Å². The number of thiazole rings is 1. The van der Waals surface area contributed by atoms with Crippen LogP contribution >= 0.6 is 47.1 Å². The third kappa shape index (κ3) is 8.41. The van der Waals surface area contributed by atoms with Gasteiger partial charge in [-0.05, 0) is 39.4 Å². The first-order valence-corrected chi connectivity index (χ1v) is 11.9. The first kappa shape index (κ1) is 26.2. The number of hydrogen-bond acceptors (Lipinski definition) is 6. The van der Waals surface area contributed by atoms with Crippen LogP contribution in [0.15, 0.2) is 10.1 Å². The Labute approximate surface area is 200 Å². The molecular weight excluding hydrogens is 517 g/mol. The minimum Gasteiger partial charge on any atom is -0.357 e. The lowest BCUT2D eigenvalue weighted by Crippen LogP contribution is -2.37. The molecule has 2 aromatic rings. The lowest BCUT2D eigenvalue weighted by Gasteiger charge is -2.13. The SMILES string of the molecule is CCNC(=NCc1sc(C)nc1C)NCCCc1nnc(SC)n1CC(C)C.I. The number of aryl methyl sites for hydroxylation is 3. The smallest absolute Gasteiger partial charge is 0.191 e. The van der Waals surface area contributed by atoms with Gasteiger partial charge in [0.15, 0.2) is 11.1 Å². The number of guanidine groups is 1. The summed E-state index contributed by atoms with van der Waals surface area (Å²) in [4.78, 5) is 10.4. The fourth-order valence-electron chi connectivity index (χ4n) is 2.87. The normalized spacial score (nSPS) is 11.6. The van der Waals surface area contributed by atoms with Gasteiger partial charge in [0, 0.05) is 30.9 Å². The highest BCUT2D eigenvalue weighted by atomic mass is 127. The van der Waals surface area contributed by atoms with E-state index < -0.39 is 0 Å². The lowest BCUT2D eigenvalue weighted by atomic mass is 10.2. The molecule has 0 saturated carbocycles. The van der Waals surface area contributed by atoms with Crippen molar-refractivity contribution in [2.75, 3.05) is 19.3 Å². The Balaban J connectivity index is 0.00000420. The molecule has 164 valence electrons. The molecule has 0 aliphatic heterocycles. The van der Waals surface area contributed by atoms with Crippen LogP contribution in [-0.2, 0) is 19.5 Å². The third-order valence-corrected chi connectivity index (χ3v) is 5.84. The Morgan fingerprint density at radius 2 is 2.00 bits per heavy atom. The van der Waals surface area contributed by atoms with E-state index in [1.165, 1.54) is 4.88 Å². The van der Waals surface area contributed by atoms with Crippen LogP contribution in [0.3, 0.4) is 0 Å². The van der Waals surface area contributed by atoms with E-state index in [2.05, 4.69) is 57.4 Å². The second kappa shape index (κ2) is 13.4. The van der Waals surface area contributed by atoms with Crippen molar-refractivity contribution >= 4 is 53.0 Å². The van der Waals surface area contributed by atoms with Crippen LogP contribution in [0.1, 0.15) is 48.6 Å². The lowest BCUT2D eigenvalue weighted by molar-refractivity contribution is 0.477. The molecule has 0 aromatic carbocycles. The van der Waals surface area contributed by atoms with Gasteiger partial charge in [-0.1, -0.05) is 25.6 Å². The average Bonchev–Trinajstić information content (AvgIpc) is 3.17. The van der Waals surface area contributed by atoms with Crippen molar-refractivity contribution in [1.29, 1.82) is 0 Å². The van der Waals surface area contributed by atoms with Crippen molar-refractivity contribution in [2.45, 2.75) is 65.7 Å². The number of aliphatic imine (C=N–C) groups is 1. The molecule has 0 fully saturated rings. The maximum atomic E-state index is 4.71. The zero-order chi connectivity index (χ0) is 20.5. The standard InChI is InChI=1S/C19H33N7S2.HI/c1-7-20-18(22-11-16-14(4)23-15(5)28-16)21-10-8-9-17-24-25-19(27-6)26(17)12-13(2)3;/h13H,7-12H2,1-6H3,(H2,20,21,22);1H. The molecule has 7 nitrogen and oxygen atoms in total. The van der Waals surface area contributed by atoms with Crippen LogP contribution in [0.25, 0.3) is 0 Å². The van der Waals surface area contributed by atoms with Crippen LogP contribution in [0.2, 0.25) is 0 Å². The van der Waals surface area contributed by atoms with Gasteiger partial charge < -0.3 is 15.2 Å². The number of nitrogens with zero attached hydrogens (tertiary/aromatic N) is 5. The molecule has 0 aliphatic carbocycles. The van der Waals surface area contributed by atoms with E-state index in [1.807, 2.05) is 13.8 Å². The van der Waals surface area contributed by atoms with Crippen molar-refractivity contribution in [1.82, 2.24) is 30.4 Å². The summed E-state index contributed by atoms with van der Waals surface area (Å²) in [5, 5.41) is 17.6. The molecular formula is C19H34IN7S2. The second-order valence-electron chi connectivity index (χ2n) is 7.07. The Hall–Kier alpha value is -0.880. The van der Waals surface area contributed by atoms with Gasteiger partial charge in [0.25, 0.3) is 0 Å². The van der Waals surface area contributed by atoms with Gasteiger partial charge in [0.1, 0.15) is 5.82 Å². The highest BCUT2D eigenvalue weighted by Gasteiger charge is 2.12. The fourth-order valence-corrected chi connectivity index (χ4v) is 4.25. The molecule has 0 spiro atoms. The zero-order valence-electron chi connectivity index (χ0n) is 18.3. The number of nitrogens with one attached hydrogen (secondary N) is 2. The first-order chi connectivity index (χ1) is 13.4. The Morgan fingerprint density at radius 1 is 1.24 bits per heavy atom. The Bertz CT molecular complexity index is 771. The topological polar surface area (TPSA) is 80.0 Å². The molecule has 0 unspecified atom stereocenters. The number of halogens is 1. The van der Waals surface area contributed by atoms with Gasteiger partial charge in [-0.3, -0.25) is 0 Å². The highest BCUT2D eigenvalue weighted by molar-refractivity contribution is 14.0. The molecule has 0 bridgehead atoms. The molecule has 0 aliphatic rings. The van der Waals surface area contributed by atoms with E-state index in [0.29, 0.717) is 12.5 Å². The van der Waals surface area contributed by atoms with Crippen molar-refractivity contribution in [2.24, 2.45) is 10.9 Å². The first-order valence-electron chi connectivity index (χ1n) is 9.85. The summed E-state index contributed by atoms with van der Waals surface area (Å²) in [6, 6.07) is 0. The average molecular weight is 552 g/mol. The van der Waals surface area contributed by atoms with E-state index in [1.54, 1.807) is 23.1 Å². The summed E-state index contributed by atoms with van der Waals surface area (Å²) in [6.07, 6.45) is 3.94. The quantitative estimate of drug-likeness (QED) is 0.153. The van der Waals surface area contributed by atoms with Crippen LogP contribution in [0.4, 0.5) is 0 Å². The predicted molar refractivity (Wildman–Crippen MR) is 135 cm³/mol. The number of thioether (sulfide) groups is 1. The monoisotopic (exact) mass is 551 g/mol. The van der Waals surface area contributed by atoms with Crippen LogP contribution < -0.4 is 10.6 Å². The van der Waals surface area contributed by atoms with Crippen molar-refractivity contribution in [3.8, 4) is 0 Å². The Morgan fingerprint density at radius 3 is 2.59 bits per heavy atom. The molecule has 2 heterocycles. The third-order valence-electron chi connectivity index (χ3n) is 4.12. The summed E-state index contributed by atoms with van der Waals surface area (Å²) in [6.45, 7) is 13.9. The van der Waals surface area contributed by atoms with Gasteiger partial charge >= 0.3 is 0 Å². The highest BCUT2D eigenvalue weighted by Crippen LogP contribution is 2.18. The van der Waals surface area contributed by atoms with Crippen molar-refractivity contribution in [3.63, 3.8) is 0 Å². The second-order valence-corrected chi connectivity index (χ2v) is 9.14. The van der Waals surface area contributed by atoms with Crippen LogP contribution in [0, 0.1) is 19.8 Å². The molecule has 2 rings (SSSR count). The summed E-state index contributed by atoms with van der Waals surface area (Å²) in [7, 11) is 0. The molecule has 10 heteroatoms. The van der Waals surface area contributed by atoms with E-state index in [-0.39, 0.29) is 24.0 Å². The predicted octanol–water partition coefficient (Wildman–Crippen LogP) is 4.04.